The number of halogens is 1. The fourth-order valence-electron chi connectivity index (χ4n) is 1.64. The van der Waals surface area contributed by atoms with Gasteiger partial charge in [-0.05, 0) is 22.9 Å². The fourth-order valence-corrected chi connectivity index (χ4v) is 1.85. The Balaban J connectivity index is 2.06. The van der Waals surface area contributed by atoms with Crippen LogP contribution in [0.5, 0.6) is 0 Å². The van der Waals surface area contributed by atoms with Crippen LogP contribution in [-0.2, 0) is 4.74 Å². The molecule has 2 N–H and O–H groups in total. The van der Waals surface area contributed by atoms with Gasteiger partial charge in [0.15, 0.2) is 0 Å². The van der Waals surface area contributed by atoms with E-state index in [-0.39, 0.29) is 12.1 Å². The monoisotopic (exact) mass is 286 g/mol. The molecule has 0 radical (unpaired) electrons. The molecule has 0 bridgehead atoms. The van der Waals surface area contributed by atoms with E-state index in [1.807, 2.05) is 6.92 Å². The maximum absolute atomic E-state index is 5.83. The molecule has 16 heavy (non-hydrogen) atoms. The standard InChI is InChI=1S/C10H15BrN4O/c1-7(12)9-6-15(2-3-16-9)10-13-4-8(11)5-14-10/h4-5,7,9H,2-3,6,12H2,1H3. The average Bonchev–Trinajstić information content (AvgIpc) is 2.30. The van der Waals surface area contributed by atoms with Gasteiger partial charge in [0.25, 0.3) is 0 Å². The highest BCUT2D eigenvalue weighted by Crippen LogP contribution is 2.15. The Kier molecular flexibility index (Phi) is 3.73. The molecule has 1 aromatic rings. The maximum Gasteiger partial charge on any atom is 0.225 e. The van der Waals surface area contributed by atoms with Crippen LogP contribution in [-0.4, -0.2) is 41.8 Å². The topological polar surface area (TPSA) is 64.3 Å². The lowest BCUT2D eigenvalue weighted by Gasteiger charge is -2.34. The molecule has 0 saturated carbocycles. The van der Waals surface area contributed by atoms with Crippen molar-refractivity contribution in [2.24, 2.45) is 5.73 Å². The predicted molar refractivity (Wildman–Crippen MR) is 65.3 cm³/mol. The van der Waals surface area contributed by atoms with Gasteiger partial charge in [0, 0.05) is 31.5 Å². The normalized spacial score (nSPS) is 23.2. The van der Waals surface area contributed by atoms with E-state index in [0.29, 0.717) is 6.61 Å². The summed E-state index contributed by atoms with van der Waals surface area (Å²) in [5, 5.41) is 0. The molecule has 2 rings (SSSR count). The van der Waals surface area contributed by atoms with Crippen LogP contribution in [0.25, 0.3) is 0 Å². The van der Waals surface area contributed by atoms with Gasteiger partial charge in [0.05, 0.1) is 17.2 Å². The number of hydrogen-bond donors (Lipinski definition) is 1. The van der Waals surface area contributed by atoms with Crippen LogP contribution in [0.2, 0.25) is 0 Å². The zero-order valence-electron chi connectivity index (χ0n) is 9.14. The Labute approximate surface area is 103 Å². The van der Waals surface area contributed by atoms with Gasteiger partial charge in [-0.2, -0.15) is 0 Å². The Bertz CT molecular complexity index is 343. The number of rotatable bonds is 2. The summed E-state index contributed by atoms with van der Waals surface area (Å²) < 4.78 is 6.47. The van der Waals surface area contributed by atoms with Crippen molar-refractivity contribution >= 4 is 21.9 Å². The minimum atomic E-state index is 0.0262. The first-order chi connectivity index (χ1) is 7.66. The summed E-state index contributed by atoms with van der Waals surface area (Å²) in [6, 6.07) is 0.0262. The quantitative estimate of drug-likeness (QED) is 0.871. The predicted octanol–water partition coefficient (Wildman–Crippen LogP) is 0.791. The van der Waals surface area contributed by atoms with Crippen LogP contribution in [0, 0.1) is 0 Å². The highest BCUT2D eigenvalue weighted by Gasteiger charge is 2.24. The fraction of sp³-hybridized carbons (Fsp3) is 0.600. The summed E-state index contributed by atoms with van der Waals surface area (Å²) in [5.41, 5.74) is 5.83. The SMILES string of the molecule is CC(N)C1CN(c2ncc(Br)cn2)CCO1. The number of morpholine rings is 1. The van der Waals surface area contributed by atoms with Gasteiger partial charge in [0.1, 0.15) is 0 Å². The molecular weight excluding hydrogens is 272 g/mol. The largest absolute Gasteiger partial charge is 0.373 e. The van der Waals surface area contributed by atoms with Crippen molar-refractivity contribution in [3.8, 4) is 0 Å². The van der Waals surface area contributed by atoms with Crippen LogP contribution in [0.1, 0.15) is 6.92 Å². The first-order valence-corrected chi connectivity index (χ1v) is 6.06. The van der Waals surface area contributed by atoms with Crippen LogP contribution in [0.4, 0.5) is 5.95 Å². The molecule has 2 atom stereocenters. The van der Waals surface area contributed by atoms with Gasteiger partial charge in [-0.1, -0.05) is 0 Å². The molecule has 5 nitrogen and oxygen atoms in total. The van der Waals surface area contributed by atoms with Gasteiger partial charge < -0.3 is 15.4 Å². The Morgan fingerprint density at radius 2 is 2.25 bits per heavy atom. The van der Waals surface area contributed by atoms with Gasteiger partial charge in [0.2, 0.25) is 5.95 Å². The smallest absolute Gasteiger partial charge is 0.225 e. The molecule has 1 aliphatic heterocycles. The van der Waals surface area contributed by atoms with Crippen molar-refractivity contribution in [1.29, 1.82) is 0 Å². The van der Waals surface area contributed by atoms with Gasteiger partial charge >= 0.3 is 0 Å². The number of aromatic nitrogens is 2. The molecule has 0 amide bonds. The summed E-state index contributed by atoms with van der Waals surface area (Å²) in [7, 11) is 0. The van der Waals surface area contributed by atoms with E-state index in [0.717, 1.165) is 23.5 Å². The van der Waals surface area contributed by atoms with Crippen LogP contribution < -0.4 is 10.6 Å². The molecule has 0 spiro atoms. The molecule has 2 unspecified atom stereocenters. The third-order valence-electron chi connectivity index (χ3n) is 2.57. The van der Waals surface area contributed by atoms with Crippen molar-refractivity contribution in [2.75, 3.05) is 24.6 Å². The van der Waals surface area contributed by atoms with Gasteiger partial charge in [-0.25, -0.2) is 9.97 Å². The molecule has 0 aromatic carbocycles. The lowest BCUT2D eigenvalue weighted by atomic mass is 10.1. The molecule has 1 aromatic heterocycles. The second-order valence-corrected chi connectivity index (χ2v) is 4.83. The number of ether oxygens (including phenoxy) is 1. The number of nitrogens with two attached hydrogens (primary N) is 1. The number of hydrogen-bond acceptors (Lipinski definition) is 5. The second kappa shape index (κ2) is 5.07. The maximum atomic E-state index is 5.83. The van der Waals surface area contributed by atoms with Crippen molar-refractivity contribution in [1.82, 2.24) is 9.97 Å². The highest BCUT2D eigenvalue weighted by atomic mass is 79.9. The Hall–Kier alpha value is -0.720. The lowest BCUT2D eigenvalue weighted by Crippen LogP contribution is -2.50. The minimum Gasteiger partial charge on any atom is -0.373 e. The van der Waals surface area contributed by atoms with Gasteiger partial charge in [-0.15, -0.1) is 0 Å². The summed E-state index contributed by atoms with van der Waals surface area (Å²) in [4.78, 5) is 10.6. The molecule has 0 aliphatic carbocycles. The molecule has 1 aliphatic rings. The third-order valence-corrected chi connectivity index (χ3v) is 2.98. The molecule has 6 heteroatoms. The van der Waals surface area contributed by atoms with E-state index in [1.165, 1.54) is 0 Å². The molecular formula is C10H15BrN4O. The van der Waals surface area contributed by atoms with E-state index >= 15 is 0 Å². The van der Waals surface area contributed by atoms with Crippen molar-refractivity contribution < 1.29 is 4.74 Å². The third kappa shape index (κ3) is 2.69. The van der Waals surface area contributed by atoms with Crippen LogP contribution in [0.3, 0.4) is 0 Å². The average molecular weight is 287 g/mol. The summed E-state index contributed by atoms with van der Waals surface area (Å²) >= 11 is 3.32. The van der Waals surface area contributed by atoms with Crippen molar-refractivity contribution in [3.63, 3.8) is 0 Å². The van der Waals surface area contributed by atoms with Crippen molar-refractivity contribution in [3.05, 3.63) is 16.9 Å². The van der Waals surface area contributed by atoms with E-state index in [2.05, 4.69) is 30.8 Å². The molecule has 1 fully saturated rings. The number of nitrogens with zero attached hydrogens (tertiary/aromatic N) is 3. The first kappa shape index (κ1) is 11.8. The first-order valence-electron chi connectivity index (χ1n) is 5.26. The van der Waals surface area contributed by atoms with Crippen LogP contribution in [0.15, 0.2) is 16.9 Å². The molecule has 88 valence electrons. The summed E-state index contributed by atoms with van der Waals surface area (Å²) in [6.07, 6.45) is 3.55. The zero-order chi connectivity index (χ0) is 11.5. The second-order valence-electron chi connectivity index (χ2n) is 3.92. The van der Waals surface area contributed by atoms with E-state index in [1.54, 1.807) is 12.4 Å². The lowest BCUT2D eigenvalue weighted by molar-refractivity contribution is 0.0271. The van der Waals surface area contributed by atoms with E-state index in [9.17, 15) is 0 Å². The van der Waals surface area contributed by atoms with Crippen molar-refractivity contribution in [2.45, 2.75) is 19.1 Å². The van der Waals surface area contributed by atoms with E-state index in [4.69, 9.17) is 10.5 Å². The van der Waals surface area contributed by atoms with E-state index < -0.39 is 0 Å². The summed E-state index contributed by atoms with van der Waals surface area (Å²) in [5.74, 6) is 0.733. The number of anilines is 1. The molecule has 2 heterocycles. The zero-order valence-corrected chi connectivity index (χ0v) is 10.7. The van der Waals surface area contributed by atoms with Crippen LogP contribution >= 0.6 is 15.9 Å². The minimum absolute atomic E-state index is 0.0262. The Morgan fingerprint density at radius 1 is 1.56 bits per heavy atom. The highest BCUT2D eigenvalue weighted by molar-refractivity contribution is 9.10. The Morgan fingerprint density at radius 3 is 2.88 bits per heavy atom. The van der Waals surface area contributed by atoms with Gasteiger partial charge in [-0.3, -0.25) is 0 Å². The molecule has 1 saturated heterocycles. The summed E-state index contributed by atoms with van der Waals surface area (Å²) in [6.45, 7) is 4.19.